The van der Waals surface area contributed by atoms with Gasteiger partial charge in [0.2, 0.25) is 5.79 Å². The van der Waals surface area contributed by atoms with Crippen molar-refractivity contribution in [1.29, 1.82) is 0 Å². The van der Waals surface area contributed by atoms with Crippen molar-refractivity contribution < 1.29 is 28.9 Å². The van der Waals surface area contributed by atoms with Crippen molar-refractivity contribution in [1.82, 2.24) is 0 Å². The number of aliphatic hydroxyl groups excluding tert-OH is 1. The van der Waals surface area contributed by atoms with Crippen LogP contribution in [0.15, 0.2) is 35.6 Å². The molecule has 0 bridgehead atoms. The van der Waals surface area contributed by atoms with E-state index in [-0.39, 0.29) is 36.3 Å². The molecule has 2 heterocycles. The van der Waals surface area contributed by atoms with Gasteiger partial charge in [-0.05, 0) is 43.4 Å². The van der Waals surface area contributed by atoms with Crippen LogP contribution >= 0.6 is 0 Å². The van der Waals surface area contributed by atoms with Gasteiger partial charge in [-0.1, -0.05) is 44.6 Å². The summed E-state index contributed by atoms with van der Waals surface area (Å²) < 4.78 is 24.5. The molecular formula is C25H35NO6. The van der Waals surface area contributed by atoms with E-state index in [4.69, 9.17) is 29.7 Å². The molecule has 2 unspecified atom stereocenters. The molecule has 3 N–H and O–H groups in total. The summed E-state index contributed by atoms with van der Waals surface area (Å²) in [7, 11) is 0. The Hall–Kier alpha value is -1.22. The number of hydrogen-bond acceptors (Lipinski definition) is 7. The fourth-order valence-corrected chi connectivity index (χ4v) is 9.04. The molecule has 7 nitrogen and oxygen atoms in total. The van der Waals surface area contributed by atoms with E-state index in [1.807, 2.05) is 0 Å². The summed E-state index contributed by atoms with van der Waals surface area (Å²) in [4.78, 5) is 4.75. The molecule has 0 radical (unpaired) electrons. The van der Waals surface area contributed by atoms with E-state index in [2.05, 4.69) is 39.0 Å². The number of fused-ring (bicyclic) bond motifs is 7. The summed E-state index contributed by atoms with van der Waals surface area (Å²) in [5.74, 6) is 5.62. The molecule has 2 aliphatic heterocycles. The van der Waals surface area contributed by atoms with Crippen LogP contribution in [-0.4, -0.2) is 42.8 Å². The highest BCUT2D eigenvalue weighted by molar-refractivity contribution is 5.44. The molecule has 7 heteroatoms. The van der Waals surface area contributed by atoms with Gasteiger partial charge in [-0.25, -0.2) is 0 Å². The van der Waals surface area contributed by atoms with Crippen molar-refractivity contribution in [3.8, 4) is 0 Å². The van der Waals surface area contributed by atoms with Gasteiger partial charge >= 0.3 is 0 Å². The second-order valence-corrected chi connectivity index (χ2v) is 11.2. The highest BCUT2D eigenvalue weighted by Crippen LogP contribution is 2.72. The Morgan fingerprint density at radius 2 is 2.03 bits per heavy atom. The molecule has 3 saturated carbocycles. The van der Waals surface area contributed by atoms with Crippen molar-refractivity contribution in [3.05, 3.63) is 35.6 Å². The molecule has 176 valence electrons. The van der Waals surface area contributed by atoms with Crippen molar-refractivity contribution in [3.63, 3.8) is 0 Å². The SMILES string of the molecule is C[C@@H]1C[C@H]2[C@@H]3CCC4=C/C(=C/ON)C=C[C@]4(C)C3[C@@H](O)C[C@]2(C)[C@]12OCOC21COCO1. The molecule has 2 spiro atoms. The fourth-order valence-electron chi connectivity index (χ4n) is 9.04. The summed E-state index contributed by atoms with van der Waals surface area (Å²) in [5, 5.41) is 11.8. The highest BCUT2D eigenvalue weighted by atomic mass is 16.9. The van der Waals surface area contributed by atoms with E-state index < -0.39 is 17.5 Å². The van der Waals surface area contributed by atoms with E-state index in [1.165, 1.54) is 5.57 Å². The van der Waals surface area contributed by atoms with Crippen LogP contribution < -0.4 is 5.90 Å². The topological polar surface area (TPSA) is 92.4 Å². The number of rotatable bonds is 1. The maximum absolute atomic E-state index is 11.8. The third-order valence-electron chi connectivity index (χ3n) is 10.1. The Kier molecular flexibility index (Phi) is 4.60. The zero-order chi connectivity index (χ0) is 22.4. The van der Waals surface area contributed by atoms with E-state index >= 15 is 0 Å². The lowest BCUT2D eigenvalue weighted by molar-refractivity contribution is -0.266. The Bertz CT molecular complexity index is 887. The first-order valence-electron chi connectivity index (χ1n) is 11.9. The van der Waals surface area contributed by atoms with Crippen LogP contribution in [0.2, 0.25) is 0 Å². The maximum atomic E-state index is 11.8. The second-order valence-electron chi connectivity index (χ2n) is 11.2. The van der Waals surface area contributed by atoms with Gasteiger partial charge < -0.3 is 28.9 Å². The van der Waals surface area contributed by atoms with Crippen LogP contribution in [-0.2, 0) is 23.8 Å². The molecule has 0 aromatic rings. The predicted molar refractivity (Wildman–Crippen MR) is 115 cm³/mol. The average Bonchev–Trinajstić information content (AvgIpc) is 3.44. The number of aliphatic hydroxyl groups is 1. The third kappa shape index (κ3) is 2.37. The molecule has 2 saturated heterocycles. The van der Waals surface area contributed by atoms with E-state index in [0.29, 0.717) is 24.9 Å². The van der Waals surface area contributed by atoms with Crippen molar-refractivity contribution >= 4 is 0 Å². The van der Waals surface area contributed by atoms with Crippen LogP contribution in [0.4, 0.5) is 0 Å². The zero-order valence-electron chi connectivity index (χ0n) is 19.2. The standard InChI is InChI=1S/C25H35NO6/c1-15-8-19-18-5-4-17-9-16(11-32-26)6-7-22(17,2)21(18)20(27)10-23(19,3)25(15)24(30-14-31-25)12-28-13-29-24/h6-7,9,11,15,18-21,27H,4-5,8,10,12-14,26H2,1-3H3/b16-11+/t15-,18+,19+,20+,21?,22+,23+,24?,25-/m1/s1. The summed E-state index contributed by atoms with van der Waals surface area (Å²) in [5.41, 5.74) is 1.29. The maximum Gasteiger partial charge on any atom is 0.227 e. The van der Waals surface area contributed by atoms with E-state index in [9.17, 15) is 5.11 Å². The van der Waals surface area contributed by atoms with Gasteiger partial charge in [-0.3, -0.25) is 0 Å². The molecule has 4 aliphatic carbocycles. The summed E-state index contributed by atoms with van der Waals surface area (Å²) >= 11 is 0. The Balaban J connectivity index is 1.41. The van der Waals surface area contributed by atoms with Gasteiger partial charge in [0.15, 0.2) is 13.6 Å². The quantitative estimate of drug-likeness (QED) is 0.473. The minimum absolute atomic E-state index is 0.165. The van der Waals surface area contributed by atoms with E-state index in [1.54, 1.807) is 6.26 Å². The van der Waals surface area contributed by atoms with Gasteiger partial charge in [0.25, 0.3) is 0 Å². The summed E-state index contributed by atoms with van der Waals surface area (Å²) in [6.45, 7) is 7.69. The van der Waals surface area contributed by atoms with Gasteiger partial charge in [0, 0.05) is 22.3 Å². The van der Waals surface area contributed by atoms with Crippen LogP contribution in [0.1, 0.15) is 46.5 Å². The summed E-state index contributed by atoms with van der Waals surface area (Å²) in [6, 6.07) is 0. The summed E-state index contributed by atoms with van der Waals surface area (Å²) in [6.07, 6.45) is 11.4. The monoisotopic (exact) mass is 445 g/mol. The fraction of sp³-hybridized carbons (Fsp3) is 0.760. The first-order valence-corrected chi connectivity index (χ1v) is 11.9. The molecule has 32 heavy (non-hydrogen) atoms. The van der Waals surface area contributed by atoms with Crippen LogP contribution in [0, 0.1) is 34.5 Å². The Morgan fingerprint density at radius 3 is 2.78 bits per heavy atom. The lowest BCUT2D eigenvalue weighted by Gasteiger charge is -2.61. The van der Waals surface area contributed by atoms with Crippen LogP contribution in [0.25, 0.3) is 0 Å². The largest absolute Gasteiger partial charge is 0.419 e. The van der Waals surface area contributed by atoms with E-state index in [0.717, 1.165) is 24.8 Å². The number of allylic oxidation sites excluding steroid dienone is 5. The average molecular weight is 446 g/mol. The second kappa shape index (κ2) is 6.90. The predicted octanol–water partition coefficient (Wildman–Crippen LogP) is 3.16. The number of ether oxygens (including phenoxy) is 4. The lowest BCUT2D eigenvalue weighted by atomic mass is 9.46. The molecule has 0 aromatic heterocycles. The Labute approximate surface area is 189 Å². The third-order valence-corrected chi connectivity index (χ3v) is 10.1. The van der Waals surface area contributed by atoms with Crippen molar-refractivity contribution in [2.75, 3.05) is 20.2 Å². The van der Waals surface area contributed by atoms with Crippen molar-refractivity contribution in [2.45, 2.75) is 63.9 Å². The van der Waals surface area contributed by atoms with Gasteiger partial charge in [0.05, 0.1) is 6.10 Å². The van der Waals surface area contributed by atoms with Gasteiger partial charge in [-0.2, -0.15) is 5.90 Å². The highest BCUT2D eigenvalue weighted by Gasteiger charge is 2.79. The molecule has 9 atom stereocenters. The van der Waals surface area contributed by atoms with Crippen molar-refractivity contribution in [2.24, 2.45) is 40.4 Å². The molecule has 6 aliphatic rings. The molecule has 0 aromatic carbocycles. The molecule has 0 amide bonds. The lowest BCUT2D eigenvalue weighted by Crippen LogP contribution is -2.67. The molecule has 5 fully saturated rings. The first-order chi connectivity index (χ1) is 15.3. The molecular weight excluding hydrogens is 410 g/mol. The number of hydrogen-bond donors (Lipinski definition) is 2. The normalized spacial score (nSPS) is 55.2. The smallest absolute Gasteiger partial charge is 0.227 e. The van der Waals surface area contributed by atoms with Crippen LogP contribution in [0.5, 0.6) is 0 Å². The Morgan fingerprint density at radius 1 is 1.22 bits per heavy atom. The first kappa shape index (κ1) is 21.3. The minimum atomic E-state index is -0.876. The van der Waals surface area contributed by atoms with Gasteiger partial charge in [0.1, 0.15) is 18.5 Å². The minimum Gasteiger partial charge on any atom is -0.419 e. The van der Waals surface area contributed by atoms with Gasteiger partial charge in [-0.15, -0.1) is 0 Å². The zero-order valence-corrected chi connectivity index (χ0v) is 19.2. The van der Waals surface area contributed by atoms with Crippen LogP contribution in [0.3, 0.4) is 0 Å². The number of nitrogens with two attached hydrogens (primary N) is 1. The molecule has 6 rings (SSSR count).